The molecule has 0 fully saturated rings. The number of halogens is 2. The molecule has 2 aromatic rings. The molecule has 2 aromatic carbocycles. The van der Waals surface area contributed by atoms with Gasteiger partial charge in [0, 0.05) is 16.1 Å². The van der Waals surface area contributed by atoms with E-state index in [9.17, 15) is 13.6 Å². The van der Waals surface area contributed by atoms with E-state index in [2.05, 4.69) is 5.32 Å². The molecule has 0 aromatic heterocycles. The van der Waals surface area contributed by atoms with Crippen LogP contribution in [0.1, 0.15) is 22.1 Å². The van der Waals surface area contributed by atoms with Gasteiger partial charge in [0.05, 0.1) is 14.2 Å². The van der Waals surface area contributed by atoms with Crippen molar-refractivity contribution < 1.29 is 27.8 Å². The van der Waals surface area contributed by atoms with Crippen LogP contribution in [0.5, 0.6) is 11.5 Å². The highest BCUT2D eigenvalue weighted by Crippen LogP contribution is 2.42. The zero-order valence-corrected chi connectivity index (χ0v) is 14.2. The van der Waals surface area contributed by atoms with Gasteiger partial charge in [-0.2, -0.15) is 8.78 Å². The number of alkyl halides is 2. The monoisotopic (exact) mass is 367 g/mol. The van der Waals surface area contributed by atoms with Crippen molar-refractivity contribution in [2.24, 2.45) is 0 Å². The fourth-order valence-corrected chi connectivity index (χ4v) is 3.09. The quantitative estimate of drug-likeness (QED) is 0.607. The van der Waals surface area contributed by atoms with Crippen LogP contribution in [0, 0.1) is 0 Å². The molecule has 132 valence electrons. The molecule has 8 heteroatoms. The van der Waals surface area contributed by atoms with Crippen molar-refractivity contribution in [1.82, 2.24) is 0 Å². The minimum atomic E-state index is -2.47. The molecule has 1 aliphatic rings. The molecule has 3 rings (SSSR count). The van der Waals surface area contributed by atoms with Crippen LogP contribution in [-0.2, 0) is 4.74 Å². The van der Waals surface area contributed by atoms with Gasteiger partial charge in [0.15, 0.2) is 11.5 Å². The summed E-state index contributed by atoms with van der Waals surface area (Å²) in [4.78, 5) is 12.7. The van der Waals surface area contributed by atoms with E-state index in [1.165, 1.54) is 14.2 Å². The van der Waals surface area contributed by atoms with Crippen LogP contribution in [0.15, 0.2) is 41.3 Å². The van der Waals surface area contributed by atoms with Crippen LogP contribution in [0.2, 0.25) is 0 Å². The zero-order valence-electron chi connectivity index (χ0n) is 13.4. The maximum atomic E-state index is 12.4. The second-order valence-corrected chi connectivity index (χ2v) is 6.16. The maximum absolute atomic E-state index is 12.4. The molecule has 1 aliphatic heterocycles. The smallest absolute Gasteiger partial charge is 0.344 e. The SMILES string of the molecule is COc1ccc2c(c1OC)C(=O)O[C@H]2Nc1ccc(SC(F)F)cc1. The van der Waals surface area contributed by atoms with Crippen LogP contribution >= 0.6 is 11.8 Å². The minimum absolute atomic E-state index is 0.309. The number of benzene rings is 2. The molecular formula is C17H15F2NO4S. The molecule has 0 amide bonds. The van der Waals surface area contributed by atoms with Gasteiger partial charge in [-0.3, -0.25) is 0 Å². The van der Waals surface area contributed by atoms with Crippen molar-refractivity contribution in [3.05, 3.63) is 47.5 Å². The van der Waals surface area contributed by atoms with Crippen molar-refractivity contribution in [3.63, 3.8) is 0 Å². The van der Waals surface area contributed by atoms with Crippen LogP contribution < -0.4 is 14.8 Å². The summed E-state index contributed by atoms with van der Waals surface area (Å²) in [5, 5.41) is 3.06. The maximum Gasteiger partial charge on any atom is 0.344 e. The van der Waals surface area contributed by atoms with E-state index < -0.39 is 18.0 Å². The normalized spacial score (nSPS) is 15.7. The molecule has 1 N–H and O–H groups in total. The zero-order chi connectivity index (χ0) is 18.0. The van der Waals surface area contributed by atoms with Gasteiger partial charge < -0.3 is 19.5 Å². The Labute approximate surface area is 147 Å². The van der Waals surface area contributed by atoms with Crippen molar-refractivity contribution in [2.75, 3.05) is 19.5 Å². The lowest BCUT2D eigenvalue weighted by Gasteiger charge is -2.15. The van der Waals surface area contributed by atoms with E-state index >= 15 is 0 Å². The Morgan fingerprint density at radius 1 is 1.12 bits per heavy atom. The molecule has 0 spiro atoms. The number of hydrogen-bond donors (Lipinski definition) is 1. The summed E-state index contributed by atoms with van der Waals surface area (Å²) >= 11 is 0.471. The molecule has 1 atom stereocenters. The Morgan fingerprint density at radius 3 is 2.44 bits per heavy atom. The fraction of sp³-hybridized carbons (Fsp3) is 0.235. The largest absolute Gasteiger partial charge is 0.493 e. The number of carbonyl (C=O) groups excluding carboxylic acids is 1. The van der Waals surface area contributed by atoms with Crippen molar-refractivity contribution >= 4 is 23.4 Å². The number of thioether (sulfide) groups is 1. The van der Waals surface area contributed by atoms with E-state index in [1.807, 2.05) is 0 Å². The van der Waals surface area contributed by atoms with Gasteiger partial charge in [-0.05, 0) is 36.4 Å². The molecular weight excluding hydrogens is 352 g/mol. The lowest BCUT2D eigenvalue weighted by atomic mass is 10.1. The number of carbonyl (C=O) groups is 1. The van der Waals surface area contributed by atoms with Crippen LogP contribution in [-0.4, -0.2) is 25.9 Å². The number of rotatable bonds is 6. The summed E-state index contributed by atoms with van der Waals surface area (Å²) < 4.78 is 40.5. The molecule has 0 saturated heterocycles. The number of methoxy groups -OCH3 is 2. The standard InChI is InChI=1S/C17H15F2NO4S/c1-22-12-8-7-11-13(14(12)23-2)16(21)24-15(11)20-9-3-5-10(6-4-9)25-17(18)19/h3-8,15,17,20H,1-2H3/t15-/m1/s1. The molecule has 0 unspecified atom stereocenters. The summed E-state index contributed by atoms with van der Waals surface area (Å²) in [6, 6.07) is 9.86. The lowest BCUT2D eigenvalue weighted by Crippen LogP contribution is -2.10. The number of cyclic esters (lactones) is 1. The molecule has 0 bridgehead atoms. The van der Waals surface area contributed by atoms with Crippen molar-refractivity contribution in [3.8, 4) is 11.5 Å². The Hall–Kier alpha value is -2.48. The van der Waals surface area contributed by atoms with Gasteiger partial charge in [0.1, 0.15) is 5.56 Å². The Kier molecular flexibility index (Phi) is 4.98. The fourth-order valence-electron chi connectivity index (χ4n) is 2.59. The Bertz CT molecular complexity index is 783. The highest BCUT2D eigenvalue weighted by Gasteiger charge is 2.35. The number of hydrogen-bond acceptors (Lipinski definition) is 6. The number of anilines is 1. The predicted octanol–water partition coefficient (Wildman–Crippen LogP) is 4.30. The third-order valence-electron chi connectivity index (χ3n) is 3.67. The molecule has 5 nitrogen and oxygen atoms in total. The summed E-state index contributed by atoms with van der Waals surface area (Å²) in [5.41, 5.74) is 1.57. The molecule has 0 radical (unpaired) electrons. The van der Waals surface area contributed by atoms with E-state index in [0.717, 1.165) is 0 Å². The van der Waals surface area contributed by atoms with Crippen LogP contribution in [0.3, 0.4) is 0 Å². The first-order valence-electron chi connectivity index (χ1n) is 7.30. The van der Waals surface area contributed by atoms with Gasteiger partial charge in [-0.25, -0.2) is 4.79 Å². The second-order valence-electron chi connectivity index (χ2n) is 5.10. The minimum Gasteiger partial charge on any atom is -0.493 e. The first-order valence-corrected chi connectivity index (χ1v) is 8.18. The van der Waals surface area contributed by atoms with Crippen molar-refractivity contribution in [2.45, 2.75) is 16.9 Å². The molecule has 0 aliphatic carbocycles. The highest BCUT2D eigenvalue weighted by molar-refractivity contribution is 7.99. The molecule has 25 heavy (non-hydrogen) atoms. The molecule has 1 heterocycles. The average molecular weight is 367 g/mol. The summed E-state index contributed by atoms with van der Waals surface area (Å²) in [7, 11) is 2.94. The predicted molar refractivity (Wildman–Crippen MR) is 89.6 cm³/mol. The number of fused-ring (bicyclic) bond motifs is 1. The Morgan fingerprint density at radius 2 is 1.84 bits per heavy atom. The highest BCUT2D eigenvalue weighted by atomic mass is 32.2. The number of nitrogens with one attached hydrogen (secondary N) is 1. The van der Waals surface area contributed by atoms with E-state index in [4.69, 9.17) is 14.2 Å². The van der Waals surface area contributed by atoms with E-state index in [0.29, 0.717) is 45.0 Å². The topological polar surface area (TPSA) is 56.8 Å². The van der Waals surface area contributed by atoms with Crippen LogP contribution in [0.25, 0.3) is 0 Å². The van der Waals surface area contributed by atoms with E-state index in [1.54, 1.807) is 36.4 Å². The van der Waals surface area contributed by atoms with E-state index in [-0.39, 0.29) is 0 Å². The summed E-state index contributed by atoms with van der Waals surface area (Å²) in [6.07, 6.45) is -0.698. The third kappa shape index (κ3) is 3.48. The van der Waals surface area contributed by atoms with Gasteiger partial charge in [-0.1, -0.05) is 11.8 Å². The molecule has 0 saturated carbocycles. The first-order chi connectivity index (χ1) is 12.0. The van der Waals surface area contributed by atoms with Gasteiger partial charge in [0.25, 0.3) is 5.76 Å². The number of esters is 1. The van der Waals surface area contributed by atoms with Gasteiger partial charge in [-0.15, -0.1) is 0 Å². The summed E-state index contributed by atoms with van der Waals surface area (Å²) in [6.45, 7) is 0. The average Bonchev–Trinajstić information content (AvgIpc) is 2.91. The first kappa shape index (κ1) is 17.3. The Balaban J connectivity index is 1.84. The van der Waals surface area contributed by atoms with Crippen LogP contribution in [0.4, 0.5) is 14.5 Å². The lowest BCUT2D eigenvalue weighted by molar-refractivity contribution is 0.0435. The summed E-state index contributed by atoms with van der Waals surface area (Å²) in [5.74, 6) is -2.23. The van der Waals surface area contributed by atoms with Gasteiger partial charge >= 0.3 is 5.97 Å². The van der Waals surface area contributed by atoms with Crippen molar-refractivity contribution in [1.29, 1.82) is 0 Å². The second kappa shape index (κ2) is 7.18. The third-order valence-corrected chi connectivity index (χ3v) is 4.39. The van der Waals surface area contributed by atoms with Gasteiger partial charge in [0.2, 0.25) is 6.23 Å². The number of ether oxygens (including phenoxy) is 3.